The van der Waals surface area contributed by atoms with Crippen molar-refractivity contribution in [2.45, 2.75) is 12.5 Å². The molecular weight excluding hydrogens is 621 g/mol. The number of nitrogens with zero attached hydrogens (tertiary/aromatic N) is 3. The molecule has 0 saturated carbocycles. The minimum Gasteiger partial charge on any atom is -0.367 e. The molecule has 2 aromatic heterocycles. The van der Waals surface area contributed by atoms with Crippen molar-refractivity contribution >= 4 is 49.3 Å². The minimum absolute atomic E-state index is 0.289. The van der Waals surface area contributed by atoms with E-state index in [1.807, 2.05) is 0 Å². The van der Waals surface area contributed by atoms with E-state index in [1.54, 1.807) is 0 Å². The third-order valence-electron chi connectivity index (χ3n) is 11.0. The molecule has 1 aliphatic carbocycles. The number of para-hydroxylation sites is 3. The van der Waals surface area contributed by atoms with Crippen LogP contribution >= 0.6 is 0 Å². The van der Waals surface area contributed by atoms with E-state index >= 15 is 0 Å². The predicted molar refractivity (Wildman–Crippen MR) is 213 cm³/mol. The Hall–Kier alpha value is -6.52. The van der Waals surface area contributed by atoms with Crippen LogP contribution in [0.5, 0.6) is 0 Å². The van der Waals surface area contributed by atoms with E-state index in [1.165, 1.54) is 83.1 Å². The quantitative estimate of drug-likeness (QED) is 0.204. The van der Waals surface area contributed by atoms with E-state index in [9.17, 15) is 0 Å². The monoisotopic (exact) mass is 654 g/mol. The molecule has 0 saturated heterocycles. The van der Waals surface area contributed by atoms with E-state index in [4.69, 9.17) is 0 Å². The normalized spacial score (nSPS) is 16.7. The molecule has 8 aromatic rings. The van der Waals surface area contributed by atoms with Gasteiger partial charge in [0.15, 0.2) is 0 Å². The standard InChI is InChI=1S/C47H34N4/c1-3-12-33(13-4-1)49-42-19-9-8-17-37(42)41-28-31(22-26-44(41)49)32-21-24-38-39-25-23-35(30-46(39)50(45(38)29-32)34-14-5-2-6-15-34)51-43-20-10-7-16-36(43)40-18-11-27-48-47(40)51/h1-19,21-26,28-30,43,48H,20,27H2. The Balaban J connectivity index is 1.10. The van der Waals surface area contributed by atoms with Crippen LogP contribution in [-0.2, 0) is 0 Å². The maximum Gasteiger partial charge on any atom is 0.114 e. The van der Waals surface area contributed by atoms with Crippen molar-refractivity contribution in [1.82, 2.24) is 14.5 Å². The molecule has 0 amide bonds. The molecule has 4 heteroatoms. The molecule has 4 nitrogen and oxygen atoms in total. The van der Waals surface area contributed by atoms with Crippen LogP contribution in [0.15, 0.2) is 187 Å². The Morgan fingerprint density at radius 2 is 1.16 bits per heavy atom. The second kappa shape index (κ2) is 11.0. The van der Waals surface area contributed by atoms with Gasteiger partial charge in [0.2, 0.25) is 0 Å². The van der Waals surface area contributed by atoms with E-state index in [0.717, 1.165) is 18.7 Å². The Kier molecular flexibility index (Phi) is 6.11. The molecule has 6 aromatic carbocycles. The van der Waals surface area contributed by atoms with Crippen molar-refractivity contribution in [2.24, 2.45) is 0 Å². The van der Waals surface area contributed by atoms with Gasteiger partial charge >= 0.3 is 0 Å². The zero-order chi connectivity index (χ0) is 33.5. The molecule has 0 fully saturated rings. The van der Waals surface area contributed by atoms with Crippen LogP contribution in [0, 0.1) is 0 Å². The van der Waals surface area contributed by atoms with Crippen LogP contribution in [0.1, 0.15) is 6.42 Å². The number of benzene rings is 6. The van der Waals surface area contributed by atoms with Gasteiger partial charge in [0.1, 0.15) is 5.82 Å². The van der Waals surface area contributed by atoms with E-state index in [0.29, 0.717) is 0 Å². The van der Waals surface area contributed by atoms with Gasteiger partial charge in [-0.2, -0.15) is 0 Å². The molecule has 1 N–H and O–H groups in total. The highest BCUT2D eigenvalue weighted by Gasteiger charge is 2.37. The largest absolute Gasteiger partial charge is 0.367 e. The highest BCUT2D eigenvalue weighted by molar-refractivity contribution is 6.13. The van der Waals surface area contributed by atoms with Crippen LogP contribution < -0.4 is 10.2 Å². The van der Waals surface area contributed by atoms with Crippen molar-refractivity contribution in [2.75, 3.05) is 11.4 Å². The van der Waals surface area contributed by atoms with E-state index < -0.39 is 0 Å². The molecule has 1 atom stereocenters. The van der Waals surface area contributed by atoms with Gasteiger partial charge in [-0.25, -0.2) is 0 Å². The first kappa shape index (κ1) is 28.3. The lowest BCUT2D eigenvalue weighted by atomic mass is 9.94. The number of aromatic nitrogens is 2. The number of rotatable bonds is 4. The minimum atomic E-state index is 0.289. The van der Waals surface area contributed by atoms with E-state index in [2.05, 4.69) is 189 Å². The summed E-state index contributed by atoms with van der Waals surface area (Å²) in [6.45, 7) is 0.844. The van der Waals surface area contributed by atoms with Crippen LogP contribution in [0.25, 0.3) is 66.1 Å². The molecule has 51 heavy (non-hydrogen) atoms. The summed E-state index contributed by atoms with van der Waals surface area (Å²) >= 11 is 0. The summed E-state index contributed by atoms with van der Waals surface area (Å²) in [6, 6.07) is 51.5. The molecular formula is C47H34N4. The van der Waals surface area contributed by atoms with Crippen molar-refractivity contribution in [1.29, 1.82) is 0 Å². The summed E-state index contributed by atoms with van der Waals surface area (Å²) in [5, 5.41) is 8.75. The van der Waals surface area contributed by atoms with Gasteiger partial charge in [-0.3, -0.25) is 0 Å². The van der Waals surface area contributed by atoms with Crippen molar-refractivity contribution < 1.29 is 0 Å². The lowest BCUT2D eigenvalue weighted by Crippen LogP contribution is -2.36. The lowest BCUT2D eigenvalue weighted by Gasteiger charge is -2.31. The first-order valence-electron chi connectivity index (χ1n) is 17.9. The fourth-order valence-corrected chi connectivity index (χ4v) is 8.75. The molecule has 0 bridgehead atoms. The first-order valence-corrected chi connectivity index (χ1v) is 17.9. The Morgan fingerprint density at radius 3 is 1.98 bits per heavy atom. The van der Waals surface area contributed by atoms with Gasteiger partial charge in [0.05, 0.1) is 28.1 Å². The highest BCUT2D eigenvalue weighted by Crippen LogP contribution is 2.44. The fourth-order valence-electron chi connectivity index (χ4n) is 8.75. The Labute approximate surface area is 296 Å². The van der Waals surface area contributed by atoms with Gasteiger partial charge in [-0.1, -0.05) is 109 Å². The lowest BCUT2D eigenvalue weighted by molar-refractivity contribution is 0.721. The maximum absolute atomic E-state index is 3.71. The van der Waals surface area contributed by atoms with Gasteiger partial charge < -0.3 is 19.4 Å². The Morgan fingerprint density at radius 1 is 0.510 bits per heavy atom. The second-order valence-corrected chi connectivity index (χ2v) is 13.7. The third-order valence-corrected chi connectivity index (χ3v) is 11.0. The second-order valence-electron chi connectivity index (χ2n) is 13.7. The summed E-state index contributed by atoms with van der Waals surface area (Å²) in [6.07, 6.45) is 12.3. The van der Waals surface area contributed by atoms with Gasteiger partial charge in [-0.15, -0.1) is 0 Å². The molecule has 2 aliphatic heterocycles. The summed E-state index contributed by atoms with van der Waals surface area (Å²) in [5.41, 5.74) is 13.5. The number of hydrogen-bond donors (Lipinski definition) is 1. The molecule has 3 aliphatic rings. The fraction of sp³-hybridized carbons (Fsp3) is 0.0638. The van der Waals surface area contributed by atoms with Crippen LogP contribution in [0.2, 0.25) is 0 Å². The number of hydrogen-bond acceptors (Lipinski definition) is 2. The Bertz CT molecular complexity index is 2830. The summed E-state index contributed by atoms with van der Waals surface area (Å²) in [5.74, 6) is 1.21. The third kappa shape index (κ3) is 4.20. The molecule has 242 valence electrons. The van der Waals surface area contributed by atoms with Crippen molar-refractivity contribution in [3.05, 3.63) is 187 Å². The summed E-state index contributed by atoms with van der Waals surface area (Å²) in [4.78, 5) is 2.52. The zero-order valence-electron chi connectivity index (χ0n) is 28.0. The number of dihydropyridines is 1. The van der Waals surface area contributed by atoms with Crippen LogP contribution in [0.3, 0.4) is 0 Å². The maximum atomic E-state index is 3.71. The van der Waals surface area contributed by atoms with Gasteiger partial charge in [-0.05, 0) is 83.8 Å². The van der Waals surface area contributed by atoms with E-state index in [-0.39, 0.29) is 6.04 Å². The number of fused-ring (bicyclic) bond motifs is 8. The number of anilines is 1. The van der Waals surface area contributed by atoms with Crippen LogP contribution in [0.4, 0.5) is 5.69 Å². The molecule has 1 unspecified atom stereocenters. The molecule has 11 rings (SSSR count). The average molecular weight is 655 g/mol. The van der Waals surface area contributed by atoms with Gasteiger partial charge in [0, 0.05) is 50.7 Å². The predicted octanol–water partition coefficient (Wildman–Crippen LogP) is 11.0. The highest BCUT2D eigenvalue weighted by atomic mass is 15.3. The molecule has 0 spiro atoms. The van der Waals surface area contributed by atoms with Crippen LogP contribution in [-0.4, -0.2) is 21.7 Å². The first-order chi connectivity index (χ1) is 25.3. The molecule has 0 radical (unpaired) electrons. The summed E-state index contributed by atoms with van der Waals surface area (Å²) in [7, 11) is 0. The van der Waals surface area contributed by atoms with Crippen molar-refractivity contribution in [3.63, 3.8) is 0 Å². The smallest absolute Gasteiger partial charge is 0.114 e. The molecule has 4 heterocycles. The zero-order valence-corrected chi connectivity index (χ0v) is 28.0. The average Bonchev–Trinajstić information content (AvgIpc) is 3.83. The topological polar surface area (TPSA) is 25.1 Å². The summed E-state index contributed by atoms with van der Waals surface area (Å²) < 4.78 is 4.83. The number of nitrogens with one attached hydrogen (secondary N) is 1. The number of allylic oxidation sites excluding steroid dienone is 3. The SMILES string of the molecule is C1=CCC2C(=C1)C1=C(NCC=C1)N2c1ccc2c3ccc(-c4ccc5c(c4)c4ccccc4n5-c4ccccc4)cc3n(-c3ccccc3)c2c1. The van der Waals surface area contributed by atoms with Crippen molar-refractivity contribution in [3.8, 4) is 22.5 Å². The van der Waals surface area contributed by atoms with Gasteiger partial charge in [0.25, 0.3) is 0 Å².